The third-order valence-corrected chi connectivity index (χ3v) is 8.11. The van der Waals surface area contributed by atoms with E-state index in [0.29, 0.717) is 21.4 Å². The molecular weight excluding hydrogens is 418 g/mol. The summed E-state index contributed by atoms with van der Waals surface area (Å²) in [6.07, 6.45) is 6.71. The number of nitrogens with two attached hydrogens (primary N) is 1. The third kappa shape index (κ3) is 4.30. The van der Waals surface area contributed by atoms with E-state index in [1.165, 1.54) is 22.7 Å². The van der Waals surface area contributed by atoms with Gasteiger partial charge in [-0.05, 0) is 55.0 Å². The standard InChI is InChI=1S/C22H27N3O3S2/c1-13-8-9-15-17(11-13)30-21(19(15)20(23)27)24-18(26)12-25(14-5-2-3-6-14)22(28)16-7-4-10-29-16/h4,7,10,13-14H,2-3,5-6,8-9,11-12H2,1H3,(H2,23,27)(H,24,26). The number of nitrogens with zero attached hydrogens (tertiary/aromatic N) is 1. The van der Waals surface area contributed by atoms with Crippen LogP contribution >= 0.6 is 22.7 Å². The fraction of sp³-hybridized carbons (Fsp3) is 0.500. The molecule has 4 rings (SSSR count). The second kappa shape index (κ2) is 8.89. The number of carbonyl (C=O) groups excluding carboxylic acids is 3. The molecule has 0 saturated heterocycles. The van der Waals surface area contributed by atoms with E-state index in [2.05, 4.69) is 12.2 Å². The summed E-state index contributed by atoms with van der Waals surface area (Å²) in [5, 5.41) is 5.31. The average Bonchev–Trinajstić information content (AvgIpc) is 3.45. The van der Waals surface area contributed by atoms with Gasteiger partial charge < -0.3 is 16.0 Å². The van der Waals surface area contributed by atoms with Gasteiger partial charge in [0.15, 0.2) is 0 Å². The van der Waals surface area contributed by atoms with Gasteiger partial charge >= 0.3 is 0 Å². The predicted molar refractivity (Wildman–Crippen MR) is 120 cm³/mol. The van der Waals surface area contributed by atoms with Gasteiger partial charge in [0.05, 0.1) is 10.4 Å². The van der Waals surface area contributed by atoms with Crippen LogP contribution in [0, 0.1) is 5.92 Å². The quantitative estimate of drug-likeness (QED) is 0.702. The van der Waals surface area contributed by atoms with E-state index < -0.39 is 5.91 Å². The molecule has 0 spiro atoms. The summed E-state index contributed by atoms with van der Waals surface area (Å²) in [7, 11) is 0. The number of fused-ring (bicyclic) bond motifs is 1. The van der Waals surface area contributed by atoms with Crippen LogP contribution in [0.3, 0.4) is 0 Å². The lowest BCUT2D eigenvalue weighted by Gasteiger charge is -2.28. The Morgan fingerprint density at radius 2 is 2.00 bits per heavy atom. The van der Waals surface area contributed by atoms with Crippen molar-refractivity contribution in [3.63, 3.8) is 0 Å². The van der Waals surface area contributed by atoms with Crippen molar-refractivity contribution in [1.29, 1.82) is 0 Å². The van der Waals surface area contributed by atoms with E-state index in [0.717, 1.165) is 55.4 Å². The van der Waals surface area contributed by atoms with Crippen LogP contribution in [0.25, 0.3) is 0 Å². The topological polar surface area (TPSA) is 92.5 Å². The number of rotatable bonds is 6. The van der Waals surface area contributed by atoms with E-state index in [4.69, 9.17) is 5.73 Å². The maximum absolute atomic E-state index is 13.0. The Morgan fingerprint density at radius 1 is 1.23 bits per heavy atom. The Morgan fingerprint density at radius 3 is 2.67 bits per heavy atom. The maximum atomic E-state index is 13.0. The fourth-order valence-electron chi connectivity index (χ4n) is 4.54. The van der Waals surface area contributed by atoms with Crippen LogP contribution in [-0.4, -0.2) is 35.2 Å². The first-order chi connectivity index (χ1) is 14.4. The highest BCUT2D eigenvalue weighted by Crippen LogP contribution is 2.39. The zero-order chi connectivity index (χ0) is 21.3. The number of hydrogen-bond donors (Lipinski definition) is 2. The summed E-state index contributed by atoms with van der Waals surface area (Å²) >= 11 is 2.85. The Balaban J connectivity index is 1.54. The van der Waals surface area contributed by atoms with Crippen LogP contribution in [0.5, 0.6) is 0 Å². The summed E-state index contributed by atoms with van der Waals surface area (Å²) in [5.74, 6) is -0.316. The van der Waals surface area contributed by atoms with E-state index in [1.54, 1.807) is 11.0 Å². The maximum Gasteiger partial charge on any atom is 0.264 e. The molecule has 0 radical (unpaired) electrons. The van der Waals surface area contributed by atoms with Crippen molar-refractivity contribution in [3.8, 4) is 0 Å². The van der Waals surface area contributed by atoms with E-state index >= 15 is 0 Å². The summed E-state index contributed by atoms with van der Waals surface area (Å²) in [6.45, 7) is 2.18. The first-order valence-electron chi connectivity index (χ1n) is 10.5. The van der Waals surface area contributed by atoms with Crippen LogP contribution in [-0.2, 0) is 17.6 Å². The second-order valence-corrected chi connectivity index (χ2v) is 10.4. The van der Waals surface area contributed by atoms with Crippen LogP contribution in [0.2, 0.25) is 0 Å². The van der Waals surface area contributed by atoms with Crippen molar-refractivity contribution in [1.82, 2.24) is 4.90 Å². The summed E-state index contributed by atoms with van der Waals surface area (Å²) in [5.41, 5.74) is 7.10. The predicted octanol–water partition coefficient (Wildman–Crippen LogP) is 4.06. The minimum atomic E-state index is -0.500. The number of anilines is 1. The summed E-state index contributed by atoms with van der Waals surface area (Å²) in [4.78, 5) is 41.6. The van der Waals surface area contributed by atoms with E-state index in [1.807, 2.05) is 11.4 Å². The summed E-state index contributed by atoms with van der Waals surface area (Å²) in [6, 6.07) is 3.73. The smallest absolute Gasteiger partial charge is 0.264 e. The number of primary amides is 1. The fourth-order valence-corrected chi connectivity index (χ4v) is 6.66. The molecule has 0 bridgehead atoms. The van der Waals surface area contributed by atoms with Gasteiger partial charge in [0, 0.05) is 10.9 Å². The van der Waals surface area contributed by atoms with Crippen molar-refractivity contribution >= 4 is 45.4 Å². The van der Waals surface area contributed by atoms with Crippen molar-refractivity contribution in [2.75, 3.05) is 11.9 Å². The molecular formula is C22H27N3O3S2. The van der Waals surface area contributed by atoms with Gasteiger partial charge in [0.1, 0.15) is 11.5 Å². The van der Waals surface area contributed by atoms with Crippen LogP contribution in [0.15, 0.2) is 17.5 Å². The zero-order valence-corrected chi connectivity index (χ0v) is 18.7. The molecule has 2 aromatic heterocycles. The Bertz CT molecular complexity index is 945. The molecule has 6 nitrogen and oxygen atoms in total. The van der Waals surface area contributed by atoms with Crippen molar-refractivity contribution < 1.29 is 14.4 Å². The zero-order valence-electron chi connectivity index (χ0n) is 17.1. The monoisotopic (exact) mass is 445 g/mol. The first kappa shape index (κ1) is 21.1. The molecule has 0 aromatic carbocycles. The molecule has 2 heterocycles. The number of thiophene rings is 2. The molecule has 1 saturated carbocycles. The number of hydrogen-bond acceptors (Lipinski definition) is 5. The lowest BCUT2D eigenvalue weighted by molar-refractivity contribution is -0.117. The highest BCUT2D eigenvalue weighted by Gasteiger charge is 2.31. The minimum absolute atomic E-state index is 0.0153. The van der Waals surface area contributed by atoms with Gasteiger partial charge in [-0.3, -0.25) is 14.4 Å². The Labute approximate surface area is 184 Å². The molecule has 0 aliphatic heterocycles. The van der Waals surface area contributed by atoms with E-state index in [-0.39, 0.29) is 24.4 Å². The minimum Gasteiger partial charge on any atom is -0.365 e. The largest absolute Gasteiger partial charge is 0.365 e. The molecule has 1 unspecified atom stereocenters. The highest BCUT2D eigenvalue weighted by molar-refractivity contribution is 7.17. The number of amides is 3. The molecule has 2 aliphatic rings. The van der Waals surface area contributed by atoms with Gasteiger partial charge in [-0.2, -0.15) is 0 Å². The first-order valence-corrected chi connectivity index (χ1v) is 12.2. The molecule has 3 amide bonds. The highest BCUT2D eigenvalue weighted by atomic mass is 32.1. The van der Waals surface area contributed by atoms with Crippen LogP contribution in [0.4, 0.5) is 5.00 Å². The average molecular weight is 446 g/mol. The second-order valence-electron chi connectivity index (χ2n) is 8.32. The van der Waals surface area contributed by atoms with Gasteiger partial charge in [-0.1, -0.05) is 25.8 Å². The lowest BCUT2D eigenvalue weighted by atomic mass is 9.88. The van der Waals surface area contributed by atoms with Crippen molar-refractivity contribution in [3.05, 3.63) is 38.4 Å². The molecule has 30 heavy (non-hydrogen) atoms. The van der Waals surface area contributed by atoms with Gasteiger partial charge in [0.2, 0.25) is 5.91 Å². The Kier molecular flexibility index (Phi) is 6.24. The van der Waals surface area contributed by atoms with Crippen LogP contribution < -0.4 is 11.1 Å². The molecule has 8 heteroatoms. The van der Waals surface area contributed by atoms with Gasteiger partial charge in [0.25, 0.3) is 11.8 Å². The van der Waals surface area contributed by atoms with Crippen LogP contribution in [0.1, 0.15) is 69.5 Å². The molecule has 1 atom stereocenters. The van der Waals surface area contributed by atoms with Gasteiger partial charge in [-0.25, -0.2) is 0 Å². The molecule has 3 N–H and O–H groups in total. The molecule has 160 valence electrons. The van der Waals surface area contributed by atoms with Gasteiger partial charge in [-0.15, -0.1) is 22.7 Å². The SMILES string of the molecule is CC1CCc2c(sc(NC(=O)CN(C(=O)c3cccs3)C3CCCC3)c2C(N)=O)C1. The summed E-state index contributed by atoms with van der Waals surface area (Å²) < 4.78 is 0. The Hall–Kier alpha value is -2.19. The molecule has 2 aromatic rings. The number of nitrogens with one attached hydrogen (secondary N) is 1. The van der Waals surface area contributed by atoms with Crippen molar-refractivity contribution in [2.45, 2.75) is 57.9 Å². The van der Waals surface area contributed by atoms with Crippen molar-refractivity contribution in [2.24, 2.45) is 11.7 Å². The normalized spacial score (nSPS) is 18.8. The third-order valence-electron chi connectivity index (χ3n) is 6.08. The lowest BCUT2D eigenvalue weighted by Crippen LogP contribution is -2.43. The number of carbonyl (C=O) groups is 3. The van der Waals surface area contributed by atoms with E-state index in [9.17, 15) is 14.4 Å². The molecule has 2 aliphatic carbocycles. The molecule has 1 fully saturated rings.